The highest BCUT2D eigenvalue weighted by molar-refractivity contribution is 5.89. The number of rotatable bonds is 4. The predicted octanol–water partition coefficient (Wildman–Crippen LogP) is 6.16. The molecule has 0 saturated heterocycles. The van der Waals surface area contributed by atoms with Crippen LogP contribution >= 0.6 is 0 Å². The van der Waals surface area contributed by atoms with Crippen LogP contribution in [0.4, 0.5) is 0 Å². The summed E-state index contributed by atoms with van der Waals surface area (Å²) in [7, 11) is 0. The third-order valence-corrected chi connectivity index (χ3v) is 5.81. The molecule has 27 heavy (non-hydrogen) atoms. The number of furan rings is 1. The van der Waals surface area contributed by atoms with E-state index in [9.17, 15) is 0 Å². The second-order valence-corrected chi connectivity index (χ2v) is 7.53. The average Bonchev–Trinajstić information content (AvgIpc) is 3.37. The smallest absolute Gasteiger partial charge is 0.0980 e. The van der Waals surface area contributed by atoms with Gasteiger partial charge in [0.05, 0.1) is 12.5 Å². The summed E-state index contributed by atoms with van der Waals surface area (Å²) < 4.78 is 5.26. The van der Waals surface area contributed by atoms with E-state index in [2.05, 4.69) is 65.8 Å². The summed E-state index contributed by atoms with van der Waals surface area (Å²) in [6.07, 6.45) is 7.08. The molecule has 2 aromatic carbocycles. The quantitative estimate of drug-likeness (QED) is 0.460. The number of nitrogens with one attached hydrogen (secondary N) is 2. The maximum Gasteiger partial charge on any atom is 0.0980 e. The van der Waals surface area contributed by atoms with Gasteiger partial charge >= 0.3 is 0 Å². The van der Waals surface area contributed by atoms with Crippen LogP contribution < -0.4 is 5.32 Å². The summed E-state index contributed by atoms with van der Waals surface area (Å²) >= 11 is 0. The summed E-state index contributed by atoms with van der Waals surface area (Å²) in [5, 5.41) is 5.20. The molecule has 0 spiro atoms. The van der Waals surface area contributed by atoms with Crippen molar-refractivity contribution in [3.05, 3.63) is 83.9 Å². The molecule has 2 aromatic heterocycles. The van der Waals surface area contributed by atoms with Crippen molar-refractivity contribution in [3.8, 4) is 11.1 Å². The molecule has 4 aromatic rings. The lowest BCUT2D eigenvalue weighted by Crippen LogP contribution is -2.27. The Morgan fingerprint density at radius 1 is 1.07 bits per heavy atom. The van der Waals surface area contributed by atoms with Gasteiger partial charge in [0, 0.05) is 34.2 Å². The molecule has 1 aliphatic rings. The van der Waals surface area contributed by atoms with E-state index in [1.165, 1.54) is 46.1 Å². The van der Waals surface area contributed by atoms with Gasteiger partial charge in [0.15, 0.2) is 0 Å². The van der Waals surface area contributed by atoms with E-state index in [1.54, 1.807) is 6.26 Å². The third-order valence-electron chi connectivity index (χ3n) is 5.81. The summed E-state index contributed by atoms with van der Waals surface area (Å²) in [4.78, 5) is 3.71. The average molecular weight is 356 g/mol. The number of hydrogen-bond acceptors (Lipinski definition) is 2. The topological polar surface area (TPSA) is 41.0 Å². The van der Waals surface area contributed by atoms with Gasteiger partial charge in [0.25, 0.3) is 0 Å². The molecule has 5 rings (SSSR count). The number of aryl methyl sites for hydroxylation is 1. The van der Waals surface area contributed by atoms with E-state index in [0.717, 1.165) is 12.0 Å². The fraction of sp³-hybridized carbons (Fsp3) is 0.250. The molecule has 0 amide bonds. The second kappa shape index (κ2) is 6.75. The fourth-order valence-corrected chi connectivity index (χ4v) is 4.38. The van der Waals surface area contributed by atoms with Crippen molar-refractivity contribution in [1.82, 2.24) is 10.3 Å². The summed E-state index contributed by atoms with van der Waals surface area (Å²) in [5.41, 5.74) is 7.75. The summed E-state index contributed by atoms with van der Waals surface area (Å²) in [6.45, 7) is 2.25. The zero-order valence-corrected chi connectivity index (χ0v) is 15.5. The first-order valence-corrected chi connectivity index (χ1v) is 9.77. The maximum atomic E-state index is 5.26. The minimum Gasteiger partial charge on any atom is -0.472 e. The van der Waals surface area contributed by atoms with E-state index in [1.807, 2.05) is 12.3 Å². The van der Waals surface area contributed by atoms with Crippen molar-refractivity contribution in [2.45, 2.75) is 38.3 Å². The van der Waals surface area contributed by atoms with E-state index in [4.69, 9.17) is 4.42 Å². The molecule has 0 saturated carbocycles. The van der Waals surface area contributed by atoms with Crippen LogP contribution in [0.15, 0.2) is 71.5 Å². The Kier molecular flexibility index (Phi) is 4.10. The van der Waals surface area contributed by atoms with Crippen molar-refractivity contribution in [3.63, 3.8) is 0 Å². The Balaban J connectivity index is 1.49. The van der Waals surface area contributed by atoms with E-state index < -0.39 is 0 Å². The first-order chi connectivity index (χ1) is 13.3. The highest BCUT2D eigenvalue weighted by Gasteiger charge is 2.25. The first kappa shape index (κ1) is 16.4. The number of fused-ring (bicyclic) bond motifs is 3. The van der Waals surface area contributed by atoms with Gasteiger partial charge in [0.1, 0.15) is 0 Å². The summed E-state index contributed by atoms with van der Waals surface area (Å²) in [5.74, 6) is 0. The number of hydrogen-bond donors (Lipinski definition) is 2. The van der Waals surface area contributed by atoms with Crippen LogP contribution in [0.25, 0.3) is 22.0 Å². The first-order valence-electron chi connectivity index (χ1n) is 9.77. The SMILES string of the molecule is CC(NC1CCCc2c1[nH]c1ccc(-c3ccoc3)cc21)c1ccccc1. The van der Waals surface area contributed by atoms with Gasteiger partial charge in [0.2, 0.25) is 0 Å². The molecule has 136 valence electrons. The van der Waals surface area contributed by atoms with Crippen molar-refractivity contribution in [2.75, 3.05) is 0 Å². The molecule has 0 aliphatic heterocycles. The van der Waals surface area contributed by atoms with Crippen LogP contribution in [0.1, 0.15) is 48.7 Å². The standard InChI is InChI=1S/C24H24N2O/c1-16(17-6-3-2-4-7-17)25-23-9-5-8-20-21-14-18(19-12-13-27-15-19)10-11-22(21)26-24(20)23/h2-4,6-7,10-16,23,25-26H,5,8-9H2,1H3. The van der Waals surface area contributed by atoms with Crippen molar-refractivity contribution < 1.29 is 4.42 Å². The van der Waals surface area contributed by atoms with Gasteiger partial charge in [-0.2, -0.15) is 0 Å². The molecule has 0 bridgehead atoms. The van der Waals surface area contributed by atoms with Crippen LogP contribution in [0.2, 0.25) is 0 Å². The molecule has 1 aliphatic carbocycles. The Labute approximate surface area is 159 Å². The van der Waals surface area contributed by atoms with Crippen molar-refractivity contribution >= 4 is 10.9 Å². The predicted molar refractivity (Wildman–Crippen MR) is 110 cm³/mol. The van der Waals surface area contributed by atoms with Gasteiger partial charge in [-0.1, -0.05) is 36.4 Å². The lowest BCUT2D eigenvalue weighted by atomic mass is 9.90. The van der Waals surface area contributed by atoms with Crippen LogP contribution in [0, 0.1) is 0 Å². The molecular formula is C24H24N2O. The number of aromatic amines is 1. The fourth-order valence-electron chi connectivity index (χ4n) is 4.38. The number of H-pyrrole nitrogens is 1. The molecule has 2 N–H and O–H groups in total. The highest BCUT2D eigenvalue weighted by atomic mass is 16.3. The van der Waals surface area contributed by atoms with Crippen LogP contribution in [0.3, 0.4) is 0 Å². The van der Waals surface area contributed by atoms with E-state index >= 15 is 0 Å². The summed E-state index contributed by atoms with van der Waals surface area (Å²) in [6, 6.07) is 20.1. The minimum absolute atomic E-state index is 0.329. The Morgan fingerprint density at radius 2 is 1.96 bits per heavy atom. The van der Waals surface area contributed by atoms with Gasteiger partial charge in [-0.25, -0.2) is 0 Å². The molecule has 0 radical (unpaired) electrons. The van der Waals surface area contributed by atoms with Crippen LogP contribution in [0.5, 0.6) is 0 Å². The zero-order chi connectivity index (χ0) is 18.2. The highest BCUT2D eigenvalue weighted by Crippen LogP contribution is 2.37. The molecule has 3 nitrogen and oxygen atoms in total. The Bertz CT molecular complexity index is 1050. The van der Waals surface area contributed by atoms with Gasteiger partial charge in [-0.3, -0.25) is 0 Å². The maximum absolute atomic E-state index is 5.26. The van der Waals surface area contributed by atoms with Gasteiger partial charge in [-0.15, -0.1) is 0 Å². The van der Waals surface area contributed by atoms with Crippen LogP contribution in [-0.4, -0.2) is 4.98 Å². The zero-order valence-electron chi connectivity index (χ0n) is 15.5. The van der Waals surface area contributed by atoms with E-state index in [-0.39, 0.29) is 0 Å². The molecule has 2 unspecified atom stereocenters. The van der Waals surface area contributed by atoms with Gasteiger partial charge < -0.3 is 14.7 Å². The molecule has 2 atom stereocenters. The Morgan fingerprint density at radius 3 is 2.78 bits per heavy atom. The second-order valence-electron chi connectivity index (χ2n) is 7.53. The molecule has 0 fully saturated rings. The minimum atomic E-state index is 0.329. The van der Waals surface area contributed by atoms with E-state index in [0.29, 0.717) is 12.1 Å². The monoisotopic (exact) mass is 356 g/mol. The molecule has 3 heteroatoms. The third kappa shape index (κ3) is 2.98. The normalized spacial score (nSPS) is 17.7. The number of benzene rings is 2. The largest absolute Gasteiger partial charge is 0.472 e. The van der Waals surface area contributed by atoms with Crippen molar-refractivity contribution in [2.24, 2.45) is 0 Å². The lowest BCUT2D eigenvalue weighted by Gasteiger charge is -2.27. The lowest BCUT2D eigenvalue weighted by molar-refractivity contribution is 0.410. The van der Waals surface area contributed by atoms with Gasteiger partial charge in [-0.05, 0) is 61.1 Å². The van der Waals surface area contributed by atoms with Crippen LogP contribution in [-0.2, 0) is 6.42 Å². The Hall–Kier alpha value is -2.78. The van der Waals surface area contributed by atoms with Crippen molar-refractivity contribution in [1.29, 1.82) is 0 Å². The molecule has 2 heterocycles. The molecular weight excluding hydrogens is 332 g/mol. The number of aromatic nitrogens is 1.